The zero-order chi connectivity index (χ0) is 12.5. The van der Waals surface area contributed by atoms with E-state index in [0.29, 0.717) is 5.88 Å². The fourth-order valence-corrected chi connectivity index (χ4v) is 2.00. The minimum Gasteiger partial charge on any atom is -0.497 e. The van der Waals surface area contributed by atoms with Gasteiger partial charge in [-0.25, -0.2) is 0 Å². The molecule has 3 heteroatoms. The van der Waals surface area contributed by atoms with Crippen molar-refractivity contribution in [3.8, 4) is 5.75 Å². The zero-order valence-electron chi connectivity index (χ0n) is 10.8. The summed E-state index contributed by atoms with van der Waals surface area (Å²) in [6.07, 6.45) is 2.45. The number of benzene rings is 1. The van der Waals surface area contributed by atoms with E-state index in [0.717, 1.165) is 25.4 Å². The minimum atomic E-state index is 0.694. The highest BCUT2D eigenvalue weighted by molar-refractivity contribution is 6.18. The molecule has 1 aromatic rings. The van der Waals surface area contributed by atoms with Gasteiger partial charge in [-0.15, -0.1) is 11.6 Å². The smallest absolute Gasteiger partial charge is 0.118 e. The van der Waals surface area contributed by atoms with Crippen LogP contribution < -0.4 is 4.74 Å². The Kier molecular flexibility index (Phi) is 7.06. The van der Waals surface area contributed by atoms with Gasteiger partial charge in [-0.05, 0) is 30.7 Å². The molecule has 17 heavy (non-hydrogen) atoms. The molecule has 96 valence electrons. The van der Waals surface area contributed by atoms with Crippen LogP contribution in [0.5, 0.6) is 5.75 Å². The Labute approximate surface area is 110 Å². The van der Waals surface area contributed by atoms with Gasteiger partial charge in [-0.2, -0.15) is 0 Å². The molecule has 0 bridgehead atoms. The van der Waals surface area contributed by atoms with E-state index in [-0.39, 0.29) is 0 Å². The number of methoxy groups -OCH3 is 1. The normalized spacial score (nSPS) is 10.8. The number of hydrogen-bond acceptors (Lipinski definition) is 2. The van der Waals surface area contributed by atoms with Crippen LogP contribution in [0.2, 0.25) is 0 Å². The Morgan fingerprint density at radius 1 is 1.18 bits per heavy atom. The maximum Gasteiger partial charge on any atom is 0.118 e. The molecule has 0 N–H and O–H groups in total. The van der Waals surface area contributed by atoms with Crippen LogP contribution in [0.1, 0.15) is 25.3 Å². The standard InChI is InChI=1S/C14H22ClNO/c1-3-4-10-16(11-9-15)12-13-5-7-14(17-2)8-6-13/h5-8H,3-4,9-12H2,1-2H3. The van der Waals surface area contributed by atoms with Gasteiger partial charge < -0.3 is 4.74 Å². The van der Waals surface area contributed by atoms with E-state index in [9.17, 15) is 0 Å². The second kappa shape index (κ2) is 8.37. The average Bonchev–Trinajstić information content (AvgIpc) is 2.37. The quantitative estimate of drug-likeness (QED) is 0.659. The van der Waals surface area contributed by atoms with Crippen LogP contribution in [0.25, 0.3) is 0 Å². The first-order valence-electron chi connectivity index (χ1n) is 6.21. The summed E-state index contributed by atoms with van der Waals surface area (Å²) in [6, 6.07) is 8.25. The lowest BCUT2D eigenvalue weighted by Crippen LogP contribution is -2.26. The largest absolute Gasteiger partial charge is 0.497 e. The van der Waals surface area contributed by atoms with E-state index in [1.165, 1.54) is 18.4 Å². The third kappa shape index (κ3) is 5.42. The van der Waals surface area contributed by atoms with Crippen molar-refractivity contribution in [1.29, 1.82) is 0 Å². The molecule has 0 aliphatic carbocycles. The lowest BCUT2D eigenvalue weighted by Gasteiger charge is -2.21. The highest BCUT2D eigenvalue weighted by Crippen LogP contribution is 2.13. The summed E-state index contributed by atoms with van der Waals surface area (Å²) < 4.78 is 5.15. The Bertz CT molecular complexity index is 300. The molecule has 2 nitrogen and oxygen atoms in total. The first-order valence-corrected chi connectivity index (χ1v) is 6.74. The summed E-state index contributed by atoms with van der Waals surface area (Å²) in [4.78, 5) is 2.40. The Morgan fingerprint density at radius 3 is 2.41 bits per heavy atom. The molecule has 0 spiro atoms. The predicted octanol–water partition coefficient (Wildman–Crippen LogP) is 3.54. The first kappa shape index (κ1) is 14.3. The fraction of sp³-hybridized carbons (Fsp3) is 0.571. The molecule has 0 amide bonds. The monoisotopic (exact) mass is 255 g/mol. The van der Waals surface area contributed by atoms with Gasteiger partial charge in [0.15, 0.2) is 0 Å². The molecule has 0 aromatic heterocycles. The Morgan fingerprint density at radius 2 is 1.88 bits per heavy atom. The lowest BCUT2D eigenvalue weighted by molar-refractivity contribution is 0.277. The molecule has 0 unspecified atom stereocenters. The molecule has 0 saturated heterocycles. The van der Waals surface area contributed by atoms with Crippen LogP contribution in [0.3, 0.4) is 0 Å². The van der Waals surface area contributed by atoms with Gasteiger partial charge in [0.2, 0.25) is 0 Å². The highest BCUT2D eigenvalue weighted by atomic mass is 35.5. The van der Waals surface area contributed by atoms with Crippen molar-refractivity contribution in [2.45, 2.75) is 26.3 Å². The van der Waals surface area contributed by atoms with Crippen molar-refractivity contribution >= 4 is 11.6 Å². The molecule has 0 fully saturated rings. The van der Waals surface area contributed by atoms with E-state index in [4.69, 9.17) is 16.3 Å². The number of halogens is 1. The topological polar surface area (TPSA) is 12.5 Å². The Hall–Kier alpha value is -0.730. The van der Waals surface area contributed by atoms with Gasteiger partial charge in [-0.1, -0.05) is 25.5 Å². The first-order chi connectivity index (χ1) is 8.30. The predicted molar refractivity (Wildman–Crippen MR) is 73.9 cm³/mol. The van der Waals surface area contributed by atoms with Crippen molar-refractivity contribution < 1.29 is 4.74 Å². The number of ether oxygens (including phenoxy) is 1. The molecular formula is C14H22ClNO. The van der Waals surface area contributed by atoms with Gasteiger partial charge in [0.05, 0.1) is 7.11 Å². The Balaban J connectivity index is 2.51. The summed E-state index contributed by atoms with van der Waals surface area (Å²) in [5.41, 5.74) is 1.31. The van der Waals surface area contributed by atoms with Crippen molar-refractivity contribution in [2.75, 3.05) is 26.1 Å². The van der Waals surface area contributed by atoms with Crippen molar-refractivity contribution in [3.05, 3.63) is 29.8 Å². The van der Waals surface area contributed by atoms with E-state index >= 15 is 0 Å². The van der Waals surface area contributed by atoms with Crippen molar-refractivity contribution in [1.82, 2.24) is 4.90 Å². The van der Waals surface area contributed by atoms with Crippen LogP contribution in [-0.4, -0.2) is 31.0 Å². The SMILES string of the molecule is CCCCN(CCCl)Cc1ccc(OC)cc1. The van der Waals surface area contributed by atoms with E-state index < -0.39 is 0 Å². The summed E-state index contributed by atoms with van der Waals surface area (Å²) in [6.45, 7) is 5.26. The van der Waals surface area contributed by atoms with Crippen LogP contribution in [0.15, 0.2) is 24.3 Å². The zero-order valence-corrected chi connectivity index (χ0v) is 11.5. The summed E-state index contributed by atoms with van der Waals surface area (Å²) >= 11 is 5.83. The molecular weight excluding hydrogens is 234 g/mol. The van der Waals surface area contributed by atoms with Gasteiger partial charge in [-0.3, -0.25) is 4.90 Å². The summed E-state index contributed by atoms with van der Waals surface area (Å²) in [5.74, 6) is 1.60. The van der Waals surface area contributed by atoms with E-state index in [2.05, 4.69) is 24.0 Å². The van der Waals surface area contributed by atoms with Gasteiger partial charge in [0.25, 0.3) is 0 Å². The number of rotatable bonds is 8. The number of unbranched alkanes of at least 4 members (excludes halogenated alkanes) is 1. The lowest BCUT2D eigenvalue weighted by atomic mass is 10.2. The van der Waals surface area contributed by atoms with Crippen molar-refractivity contribution in [2.24, 2.45) is 0 Å². The van der Waals surface area contributed by atoms with Crippen LogP contribution in [0, 0.1) is 0 Å². The molecule has 0 atom stereocenters. The number of alkyl halides is 1. The third-order valence-corrected chi connectivity index (χ3v) is 2.96. The van der Waals surface area contributed by atoms with Gasteiger partial charge in [0.1, 0.15) is 5.75 Å². The van der Waals surface area contributed by atoms with Crippen LogP contribution in [-0.2, 0) is 6.54 Å². The minimum absolute atomic E-state index is 0.694. The van der Waals surface area contributed by atoms with Crippen LogP contribution in [0.4, 0.5) is 0 Å². The van der Waals surface area contributed by atoms with Gasteiger partial charge >= 0.3 is 0 Å². The maximum atomic E-state index is 5.83. The average molecular weight is 256 g/mol. The maximum absolute atomic E-state index is 5.83. The fourth-order valence-electron chi connectivity index (χ4n) is 1.76. The summed E-state index contributed by atoms with van der Waals surface area (Å²) in [5, 5.41) is 0. The molecule has 1 aromatic carbocycles. The second-order valence-corrected chi connectivity index (χ2v) is 4.54. The number of hydrogen-bond donors (Lipinski definition) is 0. The van der Waals surface area contributed by atoms with E-state index in [1.54, 1.807) is 7.11 Å². The summed E-state index contributed by atoms with van der Waals surface area (Å²) in [7, 11) is 1.69. The number of nitrogens with zero attached hydrogens (tertiary/aromatic N) is 1. The molecule has 0 radical (unpaired) electrons. The molecule has 0 heterocycles. The second-order valence-electron chi connectivity index (χ2n) is 4.17. The molecule has 0 aliphatic heterocycles. The molecule has 1 rings (SSSR count). The van der Waals surface area contributed by atoms with E-state index in [1.807, 2.05) is 12.1 Å². The highest BCUT2D eigenvalue weighted by Gasteiger charge is 2.04. The third-order valence-electron chi connectivity index (χ3n) is 2.79. The van der Waals surface area contributed by atoms with Crippen molar-refractivity contribution in [3.63, 3.8) is 0 Å². The molecule has 0 aliphatic rings. The van der Waals surface area contributed by atoms with Gasteiger partial charge in [0, 0.05) is 19.0 Å². The van der Waals surface area contributed by atoms with Crippen LogP contribution >= 0.6 is 11.6 Å². The molecule has 0 saturated carbocycles.